The molecule has 0 aromatic heterocycles. The largest absolute Gasteiger partial charge is 0.393 e. The summed E-state index contributed by atoms with van der Waals surface area (Å²) in [5.74, 6) is 0. The van der Waals surface area contributed by atoms with Gasteiger partial charge in [-0.1, -0.05) is 19.1 Å². The zero-order valence-corrected chi connectivity index (χ0v) is 9.59. The average Bonchev–Trinajstić information content (AvgIpc) is 2.14. The first-order chi connectivity index (χ1) is 6.54. The molecular formula is C13H20O. The molecule has 14 heavy (non-hydrogen) atoms. The van der Waals surface area contributed by atoms with E-state index in [9.17, 15) is 5.11 Å². The Kier molecular flexibility index (Phi) is 3.70. The third-order valence-corrected chi connectivity index (χ3v) is 2.88. The highest BCUT2D eigenvalue weighted by Gasteiger charge is 2.06. The predicted molar refractivity (Wildman–Crippen MR) is 60.7 cm³/mol. The summed E-state index contributed by atoms with van der Waals surface area (Å²) < 4.78 is 0. The van der Waals surface area contributed by atoms with Crippen LogP contribution in [-0.2, 0) is 6.42 Å². The minimum Gasteiger partial charge on any atom is -0.393 e. The zero-order chi connectivity index (χ0) is 10.7. The highest BCUT2D eigenvalue weighted by atomic mass is 16.3. The molecule has 0 saturated heterocycles. The topological polar surface area (TPSA) is 20.2 Å². The van der Waals surface area contributed by atoms with Crippen molar-refractivity contribution in [3.05, 3.63) is 34.4 Å². The normalized spacial score (nSPS) is 12.9. The summed E-state index contributed by atoms with van der Waals surface area (Å²) >= 11 is 0. The van der Waals surface area contributed by atoms with Crippen molar-refractivity contribution in [2.24, 2.45) is 0 Å². The monoisotopic (exact) mass is 192 g/mol. The molecule has 1 unspecified atom stereocenters. The third kappa shape index (κ3) is 2.58. The van der Waals surface area contributed by atoms with Crippen molar-refractivity contribution in [1.29, 1.82) is 0 Å². The van der Waals surface area contributed by atoms with Crippen molar-refractivity contribution in [2.75, 3.05) is 0 Å². The molecule has 0 spiro atoms. The van der Waals surface area contributed by atoms with E-state index in [4.69, 9.17) is 0 Å². The van der Waals surface area contributed by atoms with Crippen molar-refractivity contribution >= 4 is 0 Å². The van der Waals surface area contributed by atoms with Gasteiger partial charge in [-0.15, -0.1) is 0 Å². The fourth-order valence-electron chi connectivity index (χ4n) is 1.64. The number of hydrogen-bond acceptors (Lipinski definition) is 1. The highest BCUT2D eigenvalue weighted by molar-refractivity contribution is 5.36. The molecule has 1 rings (SSSR count). The maximum atomic E-state index is 9.60. The first-order valence-electron chi connectivity index (χ1n) is 5.29. The van der Waals surface area contributed by atoms with Crippen LogP contribution < -0.4 is 0 Å². The Morgan fingerprint density at radius 3 is 2.21 bits per heavy atom. The van der Waals surface area contributed by atoms with Crippen LogP contribution in [0.2, 0.25) is 0 Å². The van der Waals surface area contributed by atoms with E-state index in [1.807, 2.05) is 6.92 Å². The van der Waals surface area contributed by atoms with Gasteiger partial charge in [0.1, 0.15) is 0 Å². The van der Waals surface area contributed by atoms with Gasteiger partial charge in [0, 0.05) is 0 Å². The Hall–Kier alpha value is -0.820. The molecule has 1 heteroatoms. The quantitative estimate of drug-likeness (QED) is 0.780. The smallest absolute Gasteiger partial charge is 0.0578 e. The molecule has 0 radical (unpaired) electrons. The van der Waals surface area contributed by atoms with Crippen molar-refractivity contribution in [3.63, 3.8) is 0 Å². The molecule has 0 fully saturated rings. The lowest BCUT2D eigenvalue weighted by atomic mass is 9.96. The Labute approximate surface area is 86.8 Å². The van der Waals surface area contributed by atoms with E-state index in [1.165, 1.54) is 22.3 Å². The highest BCUT2D eigenvalue weighted by Crippen LogP contribution is 2.17. The summed E-state index contributed by atoms with van der Waals surface area (Å²) in [7, 11) is 0. The van der Waals surface area contributed by atoms with Gasteiger partial charge in [-0.05, 0) is 55.9 Å². The molecular weight excluding hydrogens is 172 g/mol. The molecule has 0 aliphatic carbocycles. The molecule has 78 valence electrons. The standard InChI is InChI=1S/C13H20O/c1-5-13(14)8-12-7-10(3)9(2)6-11(12)4/h6-7,13-14H,5,8H2,1-4H3. The van der Waals surface area contributed by atoms with E-state index in [2.05, 4.69) is 32.9 Å². The SMILES string of the molecule is CCC(O)Cc1cc(C)c(C)cc1C. The van der Waals surface area contributed by atoms with Crippen LogP contribution in [0.3, 0.4) is 0 Å². The molecule has 0 amide bonds. The van der Waals surface area contributed by atoms with Crippen LogP contribution in [0.4, 0.5) is 0 Å². The number of aryl methyl sites for hydroxylation is 3. The van der Waals surface area contributed by atoms with Crippen LogP contribution in [0.15, 0.2) is 12.1 Å². The van der Waals surface area contributed by atoms with E-state index < -0.39 is 0 Å². The van der Waals surface area contributed by atoms with Crippen LogP contribution in [-0.4, -0.2) is 11.2 Å². The first-order valence-corrected chi connectivity index (χ1v) is 5.29. The summed E-state index contributed by atoms with van der Waals surface area (Å²) in [5, 5.41) is 9.60. The van der Waals surface area contributed by atoms with Crippen LogP contribution >= 0.6 is 0 Å². The average molecular weight is 192 g/mol. The van der Waals surface area contributed by atoms with Gasteiger partial charge < -0.3 is 5.11 Å². The van der Waals surface area contributed by atoms with Gasteiger partial charge in [0.2, 0.25) is 0 Å². The van der Waals surface area contributed by atoms with Gasteiger partial charge in [0.15, 0.2) is 0 Å². The molecule has 0 aliphatic rings. The lowest BCUT2D eigenvalue weighted by Gasteiger charge is -2.12. The Morgan fingerprint density at radius 2 is 1.64 bits per heavy atom. The van der Waals surface area contributed by atoms with Crippen molar-refractivity contribution in [3.8, 4) is 0 Å². The van der Waals surface area contributed by atoms with Crippen LogP contribution in [0.25, 0.3) is 0 Å². The predicted octanol–water partition coefficient (Wildman–Crippen LogP) is 2.93. The van der Waals surface area contributed by atoms with E-state index in [0.29, 0.717) is 0 Å². The Balaban J connectivity index is 2.92. The second kappa shape index (κ2) is 4.61. The molecule has 0 aliphatic heterocycles. The van der Waals surface area contributed by atoms with Gasteiger partial charge in [-0.3, -0.25) is 0 Å². The molecule has 0 bridgehead atoms. The molecule has 1 aromatic carbocycles. The van der Waals surface area contributed by atoms with Gasteiger partial charge in [-0.25, -0.2) is 0 Å². The van der Waals surface area contributed by atoms with Crippen LogP contribution in [0.5, 0.6) is 0 Å². The van der Waals surface area contributed by atoms with Crippen LogP contribution in [0, 0.1) is 20.8 Å². The van der Waals surface area contributed by atoms with E-state index in [-0.39, 0.29) is 6.10 Å². The zero-order valence-electron chi connectivity index (χ0n) is 9.59. The molecule has 0 saturated carbocycles. The second-order valence-electron chi connectivity index (χ2n) is 4.13. The number of benzene rings is 1. The summed E-state index contributed by atoms with van der Waals surface area (Å²) in [6.07, 6.45) is 1.41. The summed E-state index contributed by atoms with van der Waals surface area (Å²) in [6.45, 7) is 8.38. The maximum absolute atomic E-state index is 9.60. The molecule has 1 N–H and O–H groups in total. The maximum Gasteiger partial charge on any atom is 0.0578 e. The van der Waals surface area contributed by atoms with Gasteiger partial charge >= 0.3 is 0 Å². The number of hydrogen-bond donors (Lipinski definition) is 1. The van der Waals surface area contributed by atoms with Crippen molar-refractivity contribution in [2.45, 2.75) is 46.6 Å². The summed E-state index contributed by atoms with van der Waals surface area (Å²) in [4.78, 5) is 0. The molecule has 1 atom stereocenters. The Morgan fingerprint density at radius 1 is 1.07 bits per heavy atom. The minimum absolute atomic E-state index is 0.198. The van der Waals surface area contributed by atoms with Crippen LogP contribution in [0.1, 0.15) is 35.6 Å². The third-order valence-electron chi connectivity index (χ3n) is 2.88. The summed E-state index contributed by atoms with van der Waals surface area (Å²) in [5.41, 5.74) is 5.22. The molecule has 1 nitrogen and oxygen atoms in total. The minimum atomic E-state index is -0.198. The van der Waals surface area contributed by atoms with Gasteiger partial charge in [0.25, 0.3) is 0 Å². The first kappa shape index (κ1) is 11.3. The van der Waals surface area contributed by atoms with E-state index in [0.717, 1.165) is 12.8 Å². The summed E-state index contributed by atoms with van der Waals surface area (Å²) in [6, 6.07) is 4.40. The second-order valence-corrected chi connectivity index (χ2v) is 4.13. The number of aliphatic hydroxyl groups excluding tert-OH is 1. The van der Waals surface area contributed by atoms with Gasteiger partial charge in [-0.2, -0.15) is 0 Å². The number of rotatable bonds is 3. The molecule has 0 heterocycles. The van der Waals surface area contributed by atoms with E-state index in [1.54, 1.807) is 0 Å². The lowest BCUT2D eigenvalue weighted by Crippen LogP contribution is -2.09. The van der Waals surface area contributed by atoms with Crippen molar-refractivity contribution in [1.82, 2.24) is 0 Å². The molecule has 1 aromatic rings. The lowest BCUT2D eigenvalue weighted by molar-refractivity contribution is 0.170. The van der Waals surface area contributed by atoms with Crippen molar-refractivity contribution < 1.29 is 5.11 Å². The fraction of sp³-hybridized carbons (Fsp3) is 0.538. The Bertz CT molecular complexity index is 315. The number of aliphatic hydroxyl groups is 1. The van der Waals surface area contributed by atoms with E-state index >= 15 is 0 Å². The fourth-order valence-corrected chi connectivity index (χ4v) is 1.64. The van der Waals surface area contributed by atoms with Gasteiger partial charge in [0.05, 0.1) is 6.10 Å².